The second kappa shape index (κ2) is 8.88. The zero-order valence-corrected chi connectivity index (χ0v) is 5.26. The first kappa shape index (κ1) is 8.96. The molecule has 0 aliphatic carbocycles. The molecule has 0 aromatic carbocycles. The molecule has 5 heavy (non-hydrogen) atoms. The fourth-order valence-electron chi connectivity index (χ4n) is 0. The summed E-state index contributed by atoms with van der Waals surface area (Å²) in [6.07, 6.45) is 0. The summed E-state index contributed by atoms with van der Waals surface area (Å²) in [6.45, 7) is 0. The van der Waals surface area contributed by atoms with E-state index in [-0.39, 0.29) is 20.3 Å². The smallest absolute Gasteiger partial charge is 1.00 e. The fourth-order valence-corrected chi connectivity index (χ4v) is 0. The molecule has 0 saturated carbocycles. The third-order valence-corrected chi connectivity index (χ3v) is 0.224. The molecular formula is H4LiNO2Si. The Hall–Kier alpha value is 0.214. The van der Waals surface area contributed by atoms with E-state index in [9.17, 15) is 0 Å². The molecule has 26 valence electrons. The van der Waals surface area contributed by atoms with Crippen LogP contribution < -0.4 is 18.9 Å². The van der Waals surface area contributed by atoms with Gasteiger partial charge in [-0.1, -0.05) is 0 Å². The quantitative estimate of drug-likeness (QED) is 0.185. The van der Waals surface area contributed by atoms with Gasteiger partial charge in [0.05, 0.1) is 0 Å². The zero-order valence-electron chi connectivity index (χ0n) is 4.26. The predicted octanol–water partition coefficient (Wildman–Crippen LogP) is -3.92. The van der Waals surface area contributed by atoms with E-state index >= 15 is 0 Å². The molecule has 0 N–H and O–H groups in total. The third-order valence-electron chi connectivity index (χ3n) is 0.0745. The Kier molecular flexibility index (Phi) is 15.9. The third kappa shape index (κ3) is 14.0. The van der Waals surface area contributed by atoms with Gasteiger partial charge < -0.3 is 5.95 Å². The average Bonchev–Trinajstić information content (AvgIpc) is 1.37. The number of rotatable bonds is 1. The van der Waals surface area contributed by atoms with Crippen molar-refractivity contribution in [1.82, 2.24) is 0 Å². The summed E-state index contributed by atoms with van der Waals surface area (Å²) in [7, 11) is 0.410. The number of nitrogens with zero attached hydrogens (tertiary/aromatic N) is 1. The summed E-state index contributed by atoms with van der Waals surface area (Å²) in [5, 5.41) is 2.05. The van der Waals surface area contributed by atoms with Gasteiger partial charge in [0, 0.05) is 0 Å². The Labute approximate surface area is 46.2 Å². The monoisotopic (exact) mass is 85.0 g/mol. The zero-order chi connectivity index (χ0) is 3.41. The van der Waals surface area contributed by atoms with Crippen LogP contribution in [0.15, 0.2) is 5.34 Å². The van der Waals surface area contributed by atoms with E-state index < -0.39 is 0 Å². The van der Waals surface area contributed by atoms with Crippen molar-refractivity contribution >= 4 is 10.5 Å². The Bertz CT molecular complexity index is 27.5. The molecule has 0 atom stereocenters. The molecule has 0 unspecified atom stereocenters. The van der Waals surface area contributed by atoms with Gasteiger partial charge in [-0.05, 0) is 0 Å². The van der Waals surface area contributed by atoms with E-state index in [4.69, 9.17) is 4.91 Å². The van der Waals surface area contributed by atoms with E-state index in [1.165, 1.54) is 0 Å². The molecule has 0 saturated heterocycles. The molecule has 0 amide bonds. The normalized spacial score (nSPS) is 4.80. The minimum absolute atomic E-state index is 0. The van der Waals surface area contributed by atoms with Gasteiger partial charge in [0.1, 0.15) is 5.34 Å². The number of hydrogen-bond donors (Lipinski definition) is 0. The Morgan fingerprint density at radius 1 is 2.00 bits per heavy atom. The van der Waals surface area contributed by atoms with Crippen LogP contribution in [0.2, 0.25) is 0 Å². The molecule has 0 aromatic heterocycles. The summed E-state index contributed by atoms with van der Waals surface area (Å²) < 4.78 is 3.75. The van der Waals surface area contributed by atoms with Crippen molar-refractivity contribution in [2.24, 2.45) is 5.34 Å². The fraction of sp³-hybridized carbons (Fsp3) is 0. The number of hydrogen-bond acceptors (Lipinski definition) is 3. The molecule has 0 aromatic rings. The van der Waals surface area contributed by atoms with Crippen molar-refractivity contribution in [3.63, 3.8) is 0 Å². The molecule has 5 heteroatoms. The molecule has 0 fully saturated rings. The van der Waals surface area contributed by atoms with Crippen molar-refractivity contribution in [2.45, 2.75) is 0 Å². The van der Waals surface area contributed by atoms with Crippen LogP contribution in [0.25, 0.3) is 0 Å². The van der Waals surface area contributed by atoms with Gasteiger partial charge in [0.2, 0.25) is 10.5 Å². The Morgan fingerprint density at radius 2 is 2.20 bits per heavy atom. The van der Waals surface area contributed by atoms with Crippen LogP contribution in [0.4, 0.5) is 0 Å². The Balaban J connectivity index is -0.0000000450. The van der Waals surface area contributed by atoms with Crippen LogP contribution in [-0.4, -0.2) is 10.5 Å². The first-order valence-electron chi connectivity index (χ1n) is 0.773. The van der Waals surface area contributed by atoms with E-state index in [0.717, 1.165) is 0 Å². The molecule has 0 spiro atoms. The molecule has 0 bridgehead atoms. The minimum Gasteiger partial charge on any atom is -1.00 e. The molecule has 3 nitrogen and oxygen atoms in total. The van der Waals surface area contributed by atoms with Crippen molar-refractivity contribution in [1.29, 1.82) is 0 Å². The summed E-state index contributed by atoms with van der Waals surface area (Å²) in [6, 6.07) is 0. The van der Waals surface area contributed by atoms with Crippen molar-refractivity contribution in [3.8, 4) is 0 Å². The molecule has 0 aliphatic heterocycles. The molecule has 0 rings (SSSR count). The van der Waals surface area contributed by atoms with Gasteiger partial charge >= 0.3 is 18.9 Å². The van der Waals surface area contributed by atoms with Gasteiger partial charge in [0.15, 0.2) is 0 Å². The maximum absolute atomic E-state index is 8.74. The van der Waals surface area contributed by atoms with E-state index in [0.29, 0.717) is 10.5 Å². The van der Waals surface area contributed by atoms with Crippen LogP contribution in [0, 0.1) is 4.91 Å². The molecule has 0 heterocycles. The van der Waals surface area contributed by atoms with Crippen molar-refractivity contribution in [3.05, 3.63) is 4.91 Å². The van der Waals surface area contributed by atoms with E-state index in [2.05, 4.69) is 4.53 Å². The van der Waals surface area contributed by atoms with Gasteiger partial charge in [0.25, 0.3) is 0 Å². The van der Waals surface area contributed by atoms with Crippen LogP contribution in [0.1, 0.15) is 1.43 Å². The van der Waals surface area contributed by atoms with Crippen LogP contribution >= 0.6 is 0 Å². The van der Waals surface area contributed by atoms with Gasteiger partial charge in [-0.25, -0.2) is 0 Å². The van der Waals surface area contributed by atoms with E-state index in [1.54, 1.807) is 0 Å². The summed E-state index contributed by atoms with van der Waals surface area (Å²) in [4.78, 5) is 8.74. The van der Waals surface area contributed by atoms with Gasteiger partial charge in [-0.2, -0.15) is 0 Å². The second-order valence-electron chi connectivity index (χ2n) is 0.257. The van der Waals surface area contributed by atoms with Crippen LogP contribution in [0.5, 0.6) is 0 Å². The van der Waals surface area contributed by atoms with Crippen molar-refractivity contribution in [2.75, 3.05) is 0 Å². The summed E-state index contributed by atoms with van der Waals surface area (Å²) in [5.41, 5.74) is 0. The standard InChI is InChI=1S/Li.H3NO2Si.H/c;2-1-3-4;/h;4H3;/q+1;;-1. The Morgan fingerprint density at radius 3 is 2.20 bits per heavy atom. The predicted molar refractivity (Wildman–Crippen MR) is 17.9 cm³/mol. The summed E-state index contributed by atoms with van der Waals surface area (Å²) >= 11 is 0. The first-order valence-corrected chi connectivity index (χ1v) is 1.59. The topological polar surface area (TPSA) is 38.7 Å². The van der Waals surface area contributed by atoms with Crippen LogP contribution in [0.3, 0.4) is 0 Å². The van der Waals surface area contributed by atoms with Gasteiger partial charge in [-0.15, -0.1) is 4.91 Å². The largest absolute Gasteiger partial charge is 1.00 e. The maximum atomic E-state index is 8.74. The molecular weight excluding hydrogens is 81.0 g/mol. The van der Waals surface area contributed by atoms with Crippen LogP contribution in [-0.2, 0) is 4.53 Å². The average molecular weight is 85.1 g/mol. The first-order chi connectivity index (χ1) is 1.91. The minimum atomic E-state index is 0. The summed E-state index contributed by atoms with van der Waals surface area (Å²) in [5.74, 6) is 0. The molecule has 0 radical (unpaired) electrons. The van der Waals surface area contributed by atoms with Crippen molar-refractivity contribution < 1.29 is 24.8 Å². The second-order valence-corrected chi connectivity index (χ2v) is 0.622. The SMILES string of the molecule is O=NO[SiH3].[H-].[Li+]. The molecule has 0 aliphatic rings. The maximum Gasteiger partial charge on any atom is 1.00 e. The van der Waals surface area contributed by atoms with Gasteiger partial charge in [-0.3, -0.25) is 0 Å². The van der Waals surface area contributed by atoms with E-state index in [1.807, 2.05) is 5.34 Å².